The van der Waals surface area contributed by atoms with Crippen LogP contribution in [-0.2, 0) is 6.42 Å². The van der Waals surface area contributed by atoms with E-state index in [4.69, 9.17) is 0 Å². The number of rotatable bonds is 6. The molecule has 0 amide bonds. The molecule has 1 aromatic heterocycles. The zero-order valence-electron chi connectivity index (χ0n) is 16.5. The monoisotopic (exact) mass is 375 g/mol. The van der Waals surface area contributed by atoms with Crippen LogP contribution < -0.4 is 15.5 Å². The molecule has 1 atom stereocenters. The van der Waals surface area contributed by atoms with Crippen molar-refractivity contribution in [1.29, 1.82) is 0 Å². The third-order valence-electron chi connectivity index (χ3n) is 5.55. The highest BCUT2D eigenvalue weighted by atomic mass is 15.2. The Kier molecular flexibility index (Phi) is 5.80. The van der Waals surface area contributed by atoms with Crippen LogP contribution in [0.25, 0.3) is 10.9 Å². The summed E-state index contributed by atoms with van der Waals surface area (Å²) >= 11 is 0. The number of nitrogens with zero attached hydrogens (tertiary/aromatic N) is 2. The number of aromatic amines is 1. The standard InChI is InChI=1S/C23H29N5/c1-24-23(25-13-11-19-16-26-22-10-6-5-9-21(19)22)27-15-18-12-14-28(17-18)20-7-3-2-4-8-20/h2-10,16,18,26H,11-15,17H2,1H3,(H2,24,25,27). The van der Waals surface area contributed by atoms with Crippen LogP contribution in [0.5, 0.6) is 0 Å². The first-order valence-corrected chi connectivity index (χ1v) is 10.1. The second-order valence-electron chi connectivity index (χ2n) is 7.43. The van der Waals surface area contributed by atoms with E-state index in [-0.39, 0.29) is 0 Å². The summed E-state index contributed by atoms with van der Waals surface area (Å²) in [6, 6.07) is 19.1. The van der Waals surface area contributed by atoms with E-state index >= 15 is 0 Å². The van der Waals surface area contributed by atoms with E-state index in [1.807, 2.05) is 7.05 Å². The zero-order chi connectivity index (χ0) is 19.2. The Morgan fingerprint density at radius 2 is 1.93 bits per heavy atom. The largest absolute Gasteiger partial charge is 0.371 e. The molecule has 0 radical (unpaired) electrons. The Morgan fingerprint density at radius 3 is 2.79 bits per heavy atom. The average molecular weight is 376 g/mol. The summed E-state index contributed by atoms with van der Waals surface area (Å²) in [7, 11) is 1.84. The fourth-order valence-corrected chi connectivity index (χ4v) is 3.99. The minimum Gasteiger partial charge on any atom is -0.371 e. The molecule has 0 saturated carbocycles. The van der Waals surface area contributed by atoms with E-state index in [1.54, 1.807) is 0 Å². The van der Waals surface area contributed by atoms with Gasteiger partial charge in [0.15, 0.2) is 5.96 Å². The number of benzene rings is 2. The van der Waals surface area contributed by atoms with Gasteiger partial charge in [0.25, 0.3) is 0 Å². The number of aliphatic imine (C=N–C) groups is 1. The molecule has 1 fully saturated rings. The van der Waals surface area contributed by atoms with Crippen molar-refractivity contribution in [3.05, 3.63) is 66.4 Å². The van der Waals surface area contributed by atoms with Gasteiger partial charge in [-0.2, -0.15) is 0 Å². The van der Waals surface area contributed by atoms with Gasteiger partial charge in [-0.15, -0.1) is 0 Å². The first kappa shape index (κ1) is 18.4. The van der Waals surface area contributed by atoms with Gasteiger partial charge in [-0.3, -0.25) is 4.99 Å². The van der Waals surface area contributed by atoms with Gasteiger partial charge in [-0.05, 0) is 42.5 Å². The van der Waals surface area contributed by atoms with Gasteiger partial charge in [0.1, 0.15) is 0 Å². The van der Waals surface area contributed by atoms with Gasteiger partial charge in [0.2, 0.25) is 0 Å². The van der Waals surface area contributed by atoms with Gasteiger partial charge in [0, 0.05) is 56.0 Å². The second-order valence-corrected chi connectivity index (χ2v) is 7.43. The van der Waals surface area contributed by atoms with Crippen molar-refractivity contribution in [1.82, 2.24) is 15.6 Å². The van der Waals surface area contributed by atoms with Crippen molar-refractivity contribution in [2.75, 3.05) is 38.1 Å². The van der Waals surface area contributed by atoms with Gasteiger partial charge < -0.3 is 20.5 Å². The number of hydrogen-bond acceptors (Lipinski definition) is 2. The molecule has 1 saturated heterocycles. The Labute approximate surface area is 166 Å². The summed E-state index contributed by atoms with van der Waals surface area (Å²) in [6.07, 6.45) is 4.30. The molecule has 0 bridgehead atoms. The molecule has 4 rings (SSSR count). The van der Waals surface area contributed by atoms with Gasteiger partial charge in [-0.1, -0.05) is 36.4 Å². The van der Waals surface area contributed by atoms with Crippen LogP contribution in [0.4, 0.5) is 5.69 Å². The molecule has 1 aliphatic rings. The third-order valence-corrected chi connectivity index (χ3v) is 5.55. The second kappa shape index (κ2) is 8.83. The van der Waals surface area contributed by atoms with E-state index in [2.05, 4.69) is 86.3 Å². The Balaban J connectivity index is 1.22. The highest BCUT2D eigenvalue weighted by Gasteiger charge is 2.22. The maximum atomic E-state index is 4.38. The van der Waals surface area contributed by atoms with Crippen LogP contribution in [-0.4, -0.2) is 44.2 Å². The van der Waals surface area contributed by atoms with Crippen molar-refractivity contribution in [3.63, 3.8) is 0 Å². The Morgan fingerprint density at radius 1 is 1.11 bits per heavy atom. The average Bonchev–Trinajstić information content (AvgIpc) is 3.39. The lowest BCUT2D eigenvalue weighted by molar-refractivity contribution is 0.566. The number of nitrogens with one attached hydrogen (secondary N) is 3. The molecule has 3 N–H and O–H groups in total. The molecule has 1 unspecified atom stereocenters. The lowest BCUT2D eigenvalue weighted by Crippen LogP contribution is -2.41. The number of hydrogen-bond donors (Lipinski definition) is 3. The lowest BCUT2D eigenvalue weighted by Gasteiger charge is -2.19. The molecule has 3 aromatic rings. The number of fused-ring (bicyclic) bond motifs is 1. The number of para-hydroxylation sites is 2. The molecule has 2 aromatic carbocycles. The summed E-state index contributed by atoms with van der Waals surface area (Å²) in [5.74, 6) is 1.53. The fraction of sp³-hybridized carbons (Fsp3) is 0.348. The highest BCUT2D eigenvalue weighted by molar-refractivity contribution is 5.83. The van der Waals surface area contributed by atoms with Crippen LogP contribution in [0.3, 0.4) is 0 Å². The van der Waals surface area contributed by atoms with Crippen LogP contribution in [0, 0.1) is 5.92 Å². The highest BCUT2D eigenvalue weighted by Crippen LogP contribution is 2.23. The Bertz CT molecular complexity index is 915. The van der Waals surface area contributed by atoms with E-state index in [9.17, 15) is 0 Å². The topological polar surface area (TPSA) is 55.5 Å². The third kappa shape index (κ3) is 4.30. The first-order valence-electron chi connectivity index (χ1n) is 10.1. The molecule has 28 heavy (non-hydrogen) atoms. The van der Waals surface area contributed by atoms with Gasteiger partial charge >= 0.3 is 0 Å². The van der Waals surface area contributed by atoms with Crippen molar-refractivity contribution >= 4 is 22.5 Å². The van der Waals surface area contributed by atoms with Crippen LogP contribution in [0.15, 0.2) is 65.8 Å². The fourth-order valence-electron chi connectivity index (χ4n) is 3.99. The smallest absolute Gasteiger partial charge is 0.190 e. The van der Waals surface area contributed by atoms with Crippen molar-refractivity contribution in [3.8, 4) is 0 Å². The van der Waals surface area contributed by atoms with E-state index < -0.39 is 0 Å². The van der Waals surface area contributed by atoms with E-state index in [1.165, 1.54) is 28.6 Å². The number of aromatic nitrogens is 1. The van der Waals surface area contributed by atoms with Gasteiger partial charge in [-0.25, -0.2) is 0 Å². The van der Waals surface area contributed by atoms with E-state index in [0.717, 1.165) is 38.6 Å². The van der Waals surface area contributed by atoms with Crippen molar-refractivity contribution in [2.45, 2.75) is 12.8 Å². The first-order chi connectivity index (χ1) is 13.8. The number of anilines is 1. The summed E-state index contributed by atoms with van der Waals surface area (Å²) in [4.78, 5) is 10.2. The summed E-state index contributed by atoms with van der Waals surface area (Å²) in [5, 5.41) is 8.26. The normalized spacial score (nSPS) is 17.2. The van der Waals surface area contributed by atoms with Crippen LogP contribution in [0.1, 0.15) is 12.0 Å². The van der Waals surface area contributed by atoms with E-state index in [0.29, 0.717) is 5.92 Å². The number of H-pyrrole nitrogens is 1. The molecule has 2 heterocycles. The zero-order valence-corrected chi connectivity index (χ0v) is 16.5. The van der Waals surface area contributed by atoms with Crippen LogP contribution in [0.2, 0.25) is 0 Å². The Hall–Kier alpha value is -2.95. The molecular formula is C23H29N5. The summed E-state index contributed by atoms with van der Waals surface area (Å²) < 4.78 is 0. The minimum atomic E-state index is 0.646. The maximum absolute atomic E-state index is 4.38. The molecule has 5 heteroatoms. The van der Waals surface area contributed by atoms with Crippen molar-refractivity contribution < 1.29 is 0 Å². The minimum absolute atomic E-state index is 0.646. The van der Waals surface area contributed by atoms with Crippen LogP contribution >= 0.6 is 0 Å². The van der Waals surface area contributed by atoms with Gasteiger partial charge in [0.05, 0.1) is 0 Å². The molecular weight excluding hydrogens is 346 g/mol. The molecule has 0 aliphatic carbocycles. The maximum Gasteiger partial charge on any atom is 0.190 e. The predicted molar refractivity (Wildman–Crippen MR) is 118 cm³/mol. The summed E-state index contributed by atoms with van der Waals surface area (Å²) in [5.41, 5.74) is 3.86. The SMILES string of the molecule is CN=C(NCCc1c[nH]c2ccccc12)NCC1CCN(c2ccccc2)C1. The molecule has 0 spiro atoms. The molecule has 1 aliphatic heterocycles. The summed E-state index contributed by atoms with van der Waals surface area (Å²) in [6.45, 7) is 4.05. The number of guanidine groups is 1. The molecule has 5 nitrogen and oxygen atoms in total. The predicted octanol–water partition coefficient (Wildman–Crippen LogP) is 3.40. The van der Waals surface area contributed by atoms with Crippen molar-refractivity contribution in [2.24, 2.45) is 10.9 Å². The quantitative estimate of drug-likeness (QED) is 0.457. The molecule has 146 valence electrons. The lowest BCUT2D eigenvalue weighted by atomic mass is 10.1.